The van der Waals surface area contributed by atoms with Crippen molar-refractivity contribution in [1.29, 1.82) is 0 Å². The molecule has 0 radical (unpaired) electrons. The Labute approximate surface area is 135 Å². The van der Waals surface area contributed by atoms with Gasteiger partial charge >= 0.3 is 0 Å². The summed E-state index contributed by atoms with van der Waals surface area (Å²) in [5.74, 6) is 2.83. The Bertz CT molecular complexity index is 784. The van der Waals surface area contributed by atoms with Crippen LogP contribution in [0.2, 0.25) is 0 Å². The van der Waals surface area contributed by atoms with Gasteiger partial charge in [0.1, 0.15) is 23.4 Å². The standard InChI is InChI=1S/C19H18N2O2/c1-22-14-7-8-15-16(19-20-9-10-21-19)12-17(23-18(15)11-14)13-5-3-2-4-6-13/h2-11,16-17H,12H2,1H3,(H,20,21). The van der Waals surface area contributed by atoms with E-state index < -0.39 is 0 Å². The molecule has 1 aromatic heterocycles. The van der Waals surface area contributed by atoms with Gasteiger partial charge in [0.05, 0.1) is 7.11 Å². The van der Waals surface area contributed by atoms with Crippen LogP contribution in [0.5, 0.6) is 11.5 Å². The van der Waals surface area contributed by atoms with Crippen LogP contribution in [-0.2, 0) is 0 Å². The molecule has 0 aliphatic carbocycles. The Morgan fingerprint density at radius 3 is 2.78 bits per heavy atom. The molecular weight excluding hydrogens is 288 g/mol. The zero-order chi connectivity index (χ0) is 15.6. The summed E-state index contributed by atoms with van der Waals surface area (Å²) in [4.78, 5) is 7.72. The van der Waals surface area contributed by atoms with E-state index >= 15 is 0 Å². The minimum Gasteiger partial charge on any atom is -0.497 e. The Morgan fingerprint density at radius 1 is 1.17 bits per heavy atom. The van der Waals surface area contributed by atoms with E-state index in [0.29, 0.717) is 0 Å². The van der Waals surface area contributed by atoms with Gasteiger partial charge in [-0.05, 0) is 11.6 Å². The Hall–Kier alpha value is -2.75. The largest absolute Gasteiger partial charge is 0.497 e. The van der Waals surface area contributed by atoms with Crippen LogP contribution in [0.25, 0.3) is 0 Å². The SMILES string of the molecule is COc1ccc2c(c1)OC(c1ccccc1)CC2c1ncc[nH]1. The predicted molar refractivity (Wildman–Crippen MR) is 87.9 cm³/mol. The Balaban J connectivity index is 1.78. The molecule has 4 heteroatoms. The molecule has 4 rings (SSSR count). The first-order chi connectivity index (χ1) is 11.3. The maximum atomic E-state index is 6.27. The number of methoxy groups -OCH3 is 1. The number of nitrogens with one attached hydrogen (secondary N) is 1. The topological polar surface area (TPSA) is 47.1 Å². The normalized spacial score (nSPS) is 19.7. The Morgan fingerprint density at radius 2 is 2.04 bits per heavy atom. The molecule has 0 amide bonds. The molecule has 4 nitrogen and oxygen atoms in total. The molecule has 0 fully saturated rings. The molecule has 1 aliphatic rings. The van der Waals surface area contributed by atoms with Crippen molar-refractivity contribution in [3.63, 3.8) is 0 Å². The fourth-order valence-corrected chi connectivity index (χ4v) is 3.17. The molecule has 0 saturated heterocycles. The van der Waals surface area contributed by atoms with Gasteiger partial charge in [-0.15, -0.1) is 0 Å². The van der Waals surface area contributed by atoms with E-state index in [2.05, 4.69) is 28.2 Å². The number of benzene rings is 2. The third-order valence-electron chi connectivity index (χ3n) is 4.34. The van der Waals surface area contributed by atoms with Gasteiger partial charge in [-0.25, -0.2) is 4.98 Å². The van der Waals surface area contributed by atoms with E-state index in [1.54, 1.807) is 13.3 Å². The average Bonchev–Trinajstić information content (AvgIpc) is 3.15. The molecule has 1 N–H and O–H groups in total. The van der Waals surface area contributed by atoms with Gasteiger partial charge in [-0.2, -0.15) is 0 Å². The first kappa shape index (κ1) is 13.9. The average molecular weight is 306 g/mol. The summed E-state index contributed by atoms with van der Waals surface area (Å²) in [7, 11) is 1.67. The second-order valence-corrected chi connectivity index (χ2v) is 5.68. The van der Waals surface area contributed by atoms with Crippen molar-refractivity contribution < 1.29 is 9.47 Å². The highest BCUT2D eigenvalue weighted by Crippen LogP contribution is 2.45. The van der Waals surface area contributed by atoms with Crippen molar-refractivity contribution in [3.05, 3.63) is 77.9 Å². The van der Waals surface area contributed by atoms with Crippen LogP contribution in [-0.4, -0.2) is 17.1 Å². The monoisotopic (exact) mass is 306 g/mol. The number of rotatable bonds is 3. The predicted octanol–water partition coefficient (Wildman–Crippen LogP) is 4.07. The lowest BCUT2D eigenvalue weighted by Gasteiger charge is -2.32. The lowest BCUT2D eigenvalue weighted by atomic mass is 9.87. The third kappa shape index (κ3) is 2.57. The molecule has 0 saturated carbocycles. The fourth-order valence-electron chi connectivity index (χ4n) is 3.17. The molecule has 3 aromatic rings. The first-order valence-corrected chi connectivity index (χ1v) is 7.74. The molecule has 2 aromatic carbocycles. The lowest BCUT2D eigenvalue weighted by Crippen LogP contribution is -2.20. The highest BCUT2D eigenvalue weighted by atomic mass is 16.5. The maximum absolute atomic E-state index is 6.27. The summed E-state index contributed by atoms with van der Waals surface area (Å²) < 4.78 is 11.6. The highest BCUT2D eigenvalue weighted by molar-refractivity contribution is 5.47. The maximum Gasteiger partial charge on any atom is 0.127 e. The Kier molecular flexibility index (Phi) is 3.50. The van der Waals surface area contributed by atoms with Gasteiger partial charge in [0.2, 0.25) is 0 Å². The van der Waals surface area contributed by atoms with Gasteiger partial charge in [-0.3, -0.25) is 0 Å². The molecule has 23 heavy (non-hydrogen) atoms. The number of nitrogens with zero attached hydrogens (tertiary/aromatic N) is 1. The summed E-state index contributed by atoms with van der Waals surface area (Å²) in [6, 6.07) is 16.3. The lowest BCUT2D eigenvalue weighted by molar-refractivity contribution is 0.165. The molecule has 2 heterocycles. The number of ether oxygens (including phenoxy) is 2. The van der Waals surface area contributed by atoms with Crippen molar-refractivity contribution in [2.24, 2.45) is 0 Å². The molecular formula is C19H18N2O2. The van der Waals surface area contributed by atoms with Crippen LogP contribution in [0.15, 0.2) is 60.9 Å². The number of hydrogen-bond donors (Lipinski definition) is 1. The summed E-state index contributed by atoms with van der Waals surface area (Å²) in [6.07, 6.45) is 4.53. The van der Waals surface area contributed by atoms with Crippen LogP contribution in [0.3, 0.4) is 0 Å². The molecule has 0 spiro atoms. The second kappa shape index (κ2) is 5.80. The first-order valence-electron chi connectivity index (χ1n) is 7.74. The smallest absolute Gasteiger partial charge is 0.127 e. The molecule has 116 valence electrons. The summed E-state index contributed by atoms with van der Waals surface area (Å²) in [6.45, 7) is 0. The van der Waals surface area contributed by atoms with E-state index in [4.69, 9.17) is 9.47 Å². The van der Waals surface area contributed by atoms with E-state index in [-0.39, 0.29) is 12.0 Å². The number of aromatic nitrogens is 2. The summed E-state index contributed by atoms with van der Waals surface area (Å²) in [5.41, 5.74) is 2.32. The van der Waals surface area contributed by atoms with Gasteiger partial charge < -0.3 is 14.5 Å². The number of H-pyrrole nitrogens is 1. The van der Waals surface area contributed by atoms with Crippen LogP contribution in [0, 0.1) is 0 Å². The second-order valence-electron chi connectivity index (χ2n) is 5.68. The van der Waals surface area contributed by atoms with E-state index in [1.807, 2.05) is 36.5 Å². The highest BCUT2D eigenvalue weighted by Gasteiger charge is 2.32. The fraction of sp³-hybridized carbons (Fsp3) is 0.211. The van der Waals surface area contributed by atoms with Gasteiger partial charge in [0.25, 0.3) is 0 Å². The van der Waals surface area contributed by atoms with Crippen LogP contribution in [0.1, 0.15) is 35.4 Å². The van der Waals surface area contributed by atoms with Crippen LogP contribution < -0.4 is 9.47 Å². The van der Waals surface area contributed by atoms with Crippen molar-refractivity contribution >= 4 is 0 Å². The van der Waals surface area contributed by atoms with Crippen molar-refractivity contribution in [3.8, 4) is 11.5 Å². The summed E-state index contributed by atoms with van der Waals surface area (Å²) >= 11 is 0. The zero-order valence-corrected chi connectivity index (χ0v) is 12.9. The van der Waals surface area contributed by atoms with Crippen molar-refractivity contribution in [2.45, 2.75) is 18.4 Å². The molecule has 0 bridgehead atoms. The quantitative estimate of drug-likeness (QED) is 0.793. The van der Waals surface area contributed by atoms with Crippen LogP contribution >= 0.6 is 0 Å². The number of aromatic amines is 1. The number of hydrogen-bond acceptors (Lipinski definition) is 3. The van der Waals surface area contributed by atoms with E-state index in [0.717, 1.165) is 29.3 Å². The van der Waals surface area contributed by atoms with E-state index in [1.165, 1.54) is 5.56 Å². The van der Waals surface area contributed by atoms with Gasteiger partial charge in [0, 0.05) is 36.4 Å². The van der Waals surface area contributed by atoms with Gasteiger partial charge in [-0.1, -0.05) is 36.4 Å². The number of imidazole rings is 1. The molecule has 1 aliphatic heterocycles. The summed E-state index contributed by atoms with van der Waals surface area (Å²) in [5, 5.41) is 0. The van der Waals surface area contributed by atoms with E-state index in [9.17, 15) is 0 Å². The molecule has 2 atom stereocenters. The minimum atomic E-state index is 0.00547. The van der Waals surface area contributed by atoms with Crippen LogP contribution in [0.4, 0.5) is 0 Å². The van der Waals surface area contributed by atoms with Gasteiger partial charge in [0.15, 0.2) is 0 Å². The third-order valence-corrected chi connectivity index (χ3v) is 4.34. The minimum absolute atomic E-state index is 0.00547. The van der Waals surface area contributed by atoms with Crippen molar-refractivity contribution in [1.82, 2.24) is 9.97 Å². The molecule has 2 unspecified atom stereocenters. The number of fused-ring (bicyclic) bond motifs is 1. The van der Waals surface area contributed by atoms with Crippen molar-refractivity contribution in [2.75, 3.05) is 7.11 Å². The zero-order valence-electron chi connectivity index (χ0n) is 12.9.